The number of sulfonamides is 1. The van der Waals surface area contributed by atoms with Gasteiger partial charge in [0.1, 0.15) is 5.84 Å². The molecule has 4 N–H and O–H groups in total. The Morgan fingerprint density at radius 1 is 1.26 bits per heavy atom. The van der Waals surface area contributed by atoms with Gasteiger partial charge in [0.05, 0.1) is 17.6 Å². The maximum Gasteiger partial charge on any atom is 0.277 e. The van der Waals surface area contributed by atoms with Crippen LogP contribution >= 0.6 is 11.6 Å². The van der Waals surface area contributed by atoms with E-state index in [4.69, 9.17) is 22.7 Å². The molecule has 11 heteroatoms. The van der Waals surface area contributed by atoms with E-state index >= 15 is 0 Å². The second kappa shape index (κ2) is 9.36. The van der Waals surface area contributed by atoms with Crippen LogP contribution in [0.2, 0.25) is 5.02 Å². The molecule has 1 aromatic heterocycles. The number of aromatic nitrogens is 2. The van der Waals surface area contributed by atoms with Gasteiger partial charge in [0.25, 0.3) is 10.0 Å². The van der Waals surface area contributed by atoms with Gasteiger partial charge < -0.3 is 15.6 Å². The van der Waals surface area contributed by atoms with Crippen LogP contribution in [0.4, 0.5) is 0 Å². The normalized spacial score (nSPS) is 17.6. The van der Waals surface area contributed by atoms with Gasteiger partial charge in [0.15, 0.2) is 0 Å². The van der Waals surface area contributed by atoms with E-state index in [-0.39, 0.29) is 41.9 Å². The molecule has 1 unspecified atom stereocenters. The minimum atomic E-state index is -4.01. The summed E-state index contributed by atoms with van der Waals surface area (Å²) in [6.45, 7) is 4.35. The lowest BCUT2D eigenvalue weighted by Crippen LogP contribution is -2.57. The Labute approximate surface area is 203 Å². The van der Waals surface area contributed by atoms with Gasteiger partial charge in [-0.15, -0.1) is 0 Å². The molecule has 180 valence electrons. The Bertz CT molecular complexity index is 1340. The van der Waals surface area contributed by atoms with Crippen molar-refractivity contribution in [2.75, 3.05) is 13.1 Å². The van der Waals surface area contributed by atoms with E-state index in [2.05, 4.69) is 9.97 Å². The first-order chi connectivity index (χ1) is 16.0. The van der Waals surface area contributed by atoms with Crippen LogP contribution < -0.4 is 5.73 Å². The van der Waals surface area contributed by atoms with Crippen LogP contribution in [0.15, 0.2) is 47.6 Å². The number of aromatic amines is 1. The Kier molecular flexibility index (Phi) is 6.66. The Morgan fingerprint density at radius 3 is 2.62 bits per heavy atom. The Hall–Kier alpha value is -2.95. The predicted octanol–water partition coefficient (Wildman–Crippen LogP) is 2.95. The number of amides is 1. The van der Waals surface area contributed by atoms with Gasteiger partial charge in [-0.2, -0.15) is 4.31 Å². The zero-order valence-electron chi connectivity index (χ0n) is 19.0. The first kappa shape index (κ1) is 24.2. The largest absolute Gasteiger partial charge is 0.384 e. The summed E-state index contributed by atoms with van der Waals surface area (Å²) in [7, 11) is -4.01. The van der Waals surface area contributed by atoms with Gasteiger partial charge in [-0.25, -0.2) is 13.4 Å². The molecule has 0 saturated carbocycles. The number of fused-ring (bicyclic) bond motifs is 1. The van der Waals surface area contributed by atoms with Crippen molar-refractivity contribution in [2.24, 2.45) is 11.7 Å². The van der Waals surface area contributed by atoms with E-state index < -0.39 is 10.0 Å². The number of benzene rings is 2. The molecule has 0 spiro atoms. The molecule has 34 heavy (non-hydrogen) atoms. The number of amidine groups is 1. The third-order valence-electron chi connectivity index (χ3n) is 5.85. The molecule has 1 atom stereocenters. The summed E-state index contributed by atoms with van der Waals surface area (Å²) in [6.07, 6.45) is 0.652. The first-order valence-electron chi connectivity index (χ1n) is 10.9. The molecule has 1 aliphatic heterocycles. The molecule has 0 bridgehead atoms. The third-order valence-corrected chi connectivity index (χ3v) is 7.73. The summed E-state index contributed by atoms with van der Waals surface area (Å²) >= 11 is 6.01. The number of rotatable bonds is 7. The molecule has 2 heterocycles. The highest BCUT2D eigenvalue weighted by Gasteiger charge is 2.40. The van der Waals surface area contributed by atoms with Gasteiger partial charge in [-0.1, -0.05) is 49.7 Å². The lowest BCUT2D eigenvalue weighted by molar-refractivity contribution is -0.138. The molecule has 1 fully saturated rings. The maximum atomic E-state index is 13.4. The minimum absolute atomic E-state index is 0.0213. The summed E-state index contributed by atoms with van der Waals surface area (Å²) < 4.78 is 28.0. The summed E-state index contributed by atoms with van der Waals surface area (Å²) in [4.78, 5) is 22.0. The van der Waals surface area contributed by atoms with E-state index in [1.165, 1.54) is 4.31 Å². The molecular weight excluding hydrogens is 476 g/mol. The molecule has 3 aromatic rings. The van der Waals surface area contributed by atoms with Gasteiger partial charge in [0, 0.05) is 29.7 Å². The number of piperazine rings is 1. The van der Waals surface area contributed by atoms with Crippen molar-refractivity contribution in [2.45, 2.75) is 38.0 Å². The fraction of sp³-hybridized carbons (Fsp3) is 0.348. The number of nitrogens with zero attached hydrogens (tertiary/aromatic N) is 3. The summed E-state index contributed by atoms with van der Waals surface area (Å²) in [5.74, 6) is -0.0290. The van der Waals surface area contributed by atoms with Crippen molar-refractivity contribution in [3.8, 4) is 0 Å². The van der Waals surface area contributed by atoms with Crippen LogP contribution in [-0.4, -0.2) is 58.5 Å². The topological polar surface area (TPSA) is 136 Å². The third kappa shape index (κ3) is 4.94. The van der Waals surface area contributed by atoms with E-state index in [1.807, 2.05) is 26.0 Å². The van der Waals surface area contributed by atoms with Crippen molar-refractivity contribution in [1.82, 2.24) is 19.2 Å². The summed E-state index contributed by atoms with van der Waals surface area (Å²) in [6, 6.07) is 11.8. The van der Waals surface area contributed by atoms with Crippen LogP contribution in [0.25, 0.3) is 11.0 Å². The highest BCUT2D eigenvalue weighted by atomic mass is 35.5. The summed E-state index contributed by atoms with van der Waals surface area (Å²) in [5, 5.41) is 7.80. The Balaban J connectivity index is 1.59. The molecule has 1 amide bonds. The van der Waals surface area contributed by atoms with E-state index in [1.54, 1.807) is 35.2 Å². The second-order valence-electron chi connectivity index (χ2n) is 8.92. The van der Waals surface area contributed by atoms with Crippen LogP contribution in [0, 0.1) is 11.3 Å². The van der Waals surface area contributed by atoms with Crippen LogP contribution in [0.1, 0.15) is 31.4 Å². The molecule has 1 aliphatic rings. The number of nitrogens with one attached hydrogen (secondary N) is 2. The number of hydrogen-bond donors (Lipinski definition) is 3. The maximum absolute atomic E-state index is 13.4. The van der Waals surface area contributed by atoms with Crippen LogP contribution in [0.3, 0.4) is 0 Å². The van der Waals surface area contributed by atoms with E-state index in [0.29, 0.717) is 34.6 Å². The minimum Gasteiger partial charge on any atom is -0.384 e. The van der Waals surface area contributed by atoms with Crippen molar-refractivity contribution in [3.05, 3.63) is 58.6 Å². The fourth-order valence-electron chi connectivity index (χ4n) is 4.18. The molecule has 9 nitrogen and oxygen atoms in total. The highest BCUT2D eigenvalue weighted by molar-refractivity contribution is 7.89. The number of halogens is 1. The predicted molar refractivity (Wildman–Crippen MR) is 131 cm³/mol. The lowest BCUT2D eigenvalue weighted by atomic mass is 9.99. The number of H-pyrrole nitrogens is 1. The van der Waals surface area contributed by atoms with Crippen molar-refractivity contribution in [1.29, 1.82) is 5.41 Å². The zero-order valence-corrected chi connectivity index (χ0v) is 20.5. The van der Waals surface area contributed by atoms with Gasteiger partial charge in [-0.05, 0) is 36.1 Å². The molecule has 1 saturated heterocycles. The fourth-order valence-corrected chi connectivity index (χ4v) is 5.70. The average Bonchev–Trinajstić information content (AvgIpc) is 3.20. The van der Waals surface area contributed by atoms with Crippen molar-refractivity contribution >= 4 is 44.4 Å². The highest BCUT2D eigenvalue weighted by Crippen LogP contribution is 2.26. The smallest absolute Gasteiger partial charge is 0.277 e. The molecular formula is C23H27ClN6O3S. The number of carbonyl (C=O) groups excluding carboxylic acids is 1. The molecule has 0 radical (unpaired) electrons. The SMILES string of the molecule is CC(C)CC1CN(S(=O)(=O)c2nc3ccc(Cl)cc3[nH]2)CC(=O)N1Cc1ccc(C(=N)N)cc1. The molecule has 2 aromatic carbocycles. The summed E-state index contributed by atoms with van der Waals surface area (Å²) in [5.41, 5.74) is 8.02. The van der Waals surface area contributed by atoms with Crippen LogP contribution in [-0.2, 0) is 21.4 Å². The average molecular weight is 503 g/mol. The number of hydrogen-bond acceptors (Lipinski definition) is 5. The first-order valence-corrected chi connectivity index (χ1v) is 12.7. The number of nitrogen functional groups attached to an aromatic ring is 1. The standard InChI is InChI=1S/C23H27ClN6O3S/c1-14(2)9-18-12-29(34(32,33)23-27-19-8-7-17(24)10-20(19)28-23)13-21(31)30(18)11-15-3-5-16(6-4-15)22(25)26/h3-8,10,14,18H,9,11-13H2,1-2H3,(H3,25,26)(H,27,28). The molecule has 4 rings (SSSR count). The lowest BCUT2D eigenvalue weighted by Gasteiger charge is -2.41. The monoisotopic (exact) mass is 502 g/mol. The second-order valence-corrected chi connectivity index (χ2v) is 11.2. The van der Waals surface area contributed by atoms with E-state index in [0.717, 1.165) is 5.56 Å². The number of nitrogens with two attached hydrogens (primary N) is 1. The van der Waals surface area contributed by atoms with Gasteiger partial charge in [-0.3, -0.25) is 10.2 Å². The van der Waals surface area contributed by atoms with Crippen molar-refractivity contribution < 1.29 is 13.2 Å². The van der Waals surface area contributed by atoms with Crippen LogP contribution in [0.5, 0.6) is 0 Å². The van der Waals surface area contributed by atoms with Gasteiger partial charge >= 0.3 is 0 Å². The van der Waals surface area contributed by atoms with E-state index in [9.17, 15) is 13.2 Å². The number of carbonyl (C=O) groups is 1. The van der Waals surface area contributed by atoms with Crippen molar-refractivity contribution in [3.63, 3.8) is 0 Å². The zero-order chi connectivity index (χ0) is 24.6. The molecule has 0 aliphatic carbocycles. The number of imidazole rings is 1. The Morgan fingerprint density at radius 2 is 1.97 bits per heavy atom. The van der Waals surface area contributed by atoms with Gasteiger partial charge in [0.2, 0.25) is 11.1 Å². The quantitative estimate of drug-likeness (QED) is 0.337.